The molecule has 0 aromatic heterocycles. The number of aliphatic hydroxyl groups excluding tert-OH is 4. The Hall–Kier alpha value is -0.690. The summed E-state index contributed by atoms with van der Waals surface area (Å²) in [6.45, 7) is 9.24. The fraction of sp³-hybridized carbons (Fsp3) is 0.968. The van der Waals surface area contributed by atoms with Crippen molar-refractivity contribution in [3.63, 3.8) is 0 Å². The van der Waals surface area contributed by atoms with Gasteiger partial charge in [-0.15, -0.1) is 0 Å². The van der Waals surface area contributed by atoms with Crippen LogP contribution < -0.4 is 0 Å². The molecule has 4 N–H and O–H groups in total. The van der Waals surface area contributed by atoms with E-state index in [-0.39, 0.29) is 52.8 Å². The van der Waals surface area contributed by atoms with Gasteiger partial charge in [-0.2, -0.15) is 0 Å². The average Bonchev–Trinajstić information content (AvgIpc) is 3.20. The highest BCUT2D eigenvalue weighted by Crippen LogP contribution is 2.66. The van der Waals surface area contributed by atoms with E-state index >= 15 is 0 Å². The average molecular weight is 521 g/mol. The van der Waals surface area contributed by atoms with E-state index in [1.807, 2.05) is 0 Å². The number of carbonyl (C=O) groups excluding carboxylic acids is 1. The summed E-state index contributed by atoms with van der Waals surface area (Å²) in [5.74, 6) is 1.30. The van der Waals surface area contributed by atoms with Gasteiger partial charge in [-0.25, -0.2) is 0 Å². The number of carbonyl (C=O) groups is 1. The van der Waals surface area contributed by atoms with Crippen molar-refractivity contribution in [2.45, 2.75) is 123 Å². The van der Waals surface area contributed by atoms with E-state index in [2.05, 4.69) is 27.7 Å². The zero-order chi connectivity index (χ0) is 26.7. The Morgan fingerprint density at radius 3 is 2.19 bits per heavy atom. The molecule has 4 aliphatic carbocycles. The van der Waals surface area contributed by atoms with E-state index in [1.165, 1.54) is 19.3 Å². The summed E-state index contributed by atoms with van der Waals surface area (Å²) in [5.41, 5.74) is -0.335. The van der Waals surface area contributed by atoms with E-state index in [9.17, 15) is 25.2 Å². The van der Waals surface area contributed by atoms with Crippen LogP contribution >= 0.6 is 0 Å². The van der Waals surface area contributed by atoms with E-state index in [0.717, 1.165) is 38.5 Å². The van der Waals surface area contributed by atoms with Gasteiger partial charge in [-0.3, -0.25) is 4.79 Å². The number of hydrogen-bond donors (Lipinski definition) is 4. The summed E-state index contributed by atoms with van der Waals surface area (Å²) < 4.78 is 5.90. The van der Waals surface area contributed by atoms with Gasteiger partial charge in [-0.05, 0) is 90.8 Å². The summed E-state index contributed by atoms with van der Waals surface area (Å²) in [4.78, 5) is 13.1. The van der Waals surface area contributed by atoms with Crippen LogP contribution in [0.3, 0.4) is 0 Å². The smallest absolute Gasteiger partial charge is 0.309 e. The van der Waals surface area contributed by atoms with Crippen LogP contribution in [0.1, 0.15) is 98.3 Å². The maximum atomic E-state index is 13.1. The van der Waals surface area contributed by atoms with Gasteiger partial charge in [0.1, 0.15) is 0 Å². The van der Waals surface area contributed by atoms with Crippen LogP contribution in [-0.2, 0) is 9.53 Å². The Kier molecular flexibility index (Phi) is 7.81. The van der Waals surface area contributed by atoms with Gasteiger partial charge >= 0.3 is 5.97 Å². The predicted octanol–water partition coefficient (Wildman–Crippen LogP) is 4.31. The lowest BCUT2D eigenvalue weighted by molar-refractivity contribution is -0.162. The Morgan fingerprint density at radius 2 is 1.49 bits per heavy atom. The van der Waals surface area contributed by atoms with Crippen molar-refractivity contribution in [1.29, 1.82) is 0 Å². The molecule has 5 rings (SSSR count). The minimum absolute atomic E-state index is 0.0101. The highest BCUT2D eigenvalue weighted by Gasteiger charge is 2.63. The Morgan fingerprint density at radius 1 is 0.838 bits per heavy atom. The van der Waals surface area contributed by atoms with Gasteiger partial charge in [0.25, 0.3) is 0 Å². The van der Waals surface area contributed by atoms with Crippen LogP contribution in [0, 0.1) is 58.2 Å². The molecule has 6 nitrogen and oxygen atoms in total. The summed E-state index contributed by atoms with van der Waals surface area (Å²) in [7, 11) is 0. The number of hydrogen-bond acceptors (Lipinski definition) is 6. The second kappa shape index (κ2) is 10.4. The molecule has 4 saturated carbocycles. The van der Waals surface area contributed by atoms with Gasteiger partial charge < -0.3 is 25.2 Å². The molecule has 5 aliphatic rings. The lowest BCUT2D eigenvalue weighted by atomic mass is 9.48. The Bertz CT molecular complexity index is 827. The van der Waals surface area contributed by atoms with Crippen LogP contribution in [0.4, 0.5) is 0 Å². The largest absolute Gasteiger partial charge is 0.465 e. The first-order valence-electron chi connectivity index (χ1n) is 15.4. The van der Waals surface area contributed by atoms with Crippen molar-refractivity contribution >= 4 is 5.97 Å². The monoisotopic (exact) mass is 520 g/mol. The van der Waals surface area contributed by atoms with E-state index < -0.39 is 24.4 Å². The standard InChI is InChI=1S/C31H52O6/c1-17(19-8-6-5-7-9-19)27(34)28(35)18(2)21-10-11-22-20-16-37-29(36)24-14-25(32)26(33)15-31(24,4)23(20)12-13-30(21,22)3/h17-28,32-35H,5-16H2,1-4H3/t17-,18-,20-,21+,22-,23-,24+,25-,26+,27+,28+,30+,31+/m0/s1. The topological polar surface area (TPSA) is 107 Å². The molecule has 37 heavy (non-hydrogen) atoms. The zero-order valence-corrected chi connectivity index (χ0v) is 23.5. The zero-order valence-electron chi connectivity index (χ0n) is 23.5. The first kappa shape index (κ1) is 27.9. The van der Waals surface area contributed by atoms with Crippen molar-refractivity contribution in [3.8, 4) is 0 Å². The molecule has 1 aliphatic heterocycles. The minimum Gasteiger partial charge on any atom is -0.465 e. The Balaban J connectivity index is 1.33. The third-order valence-corrected chi connectivity index (χ3v) is 12.9. The number of esters is 1. The van der Waals surface area contributed by atoms with Crippen LogP contribution in [-0.4, -0.2) is 57.4 Å². The molecule has 1 heterocycles. The van der Waals surface area contributed by atoms with Crippen LogP contribution in [0.2, 0.25) is 0 Å². The molecular formula is C31H52O6. The third-order valence-electron chi connectivity index (χ3n) is 12.9. The molecule has 0 unspecified atom stereocenters. The van der Waals surface area contributed by atoms with Crippen molar-refractivity contribution in [2.24, 2.45) is 58.2 Å². The number of ether oxygens (including phenoxy) is 1. The molecule has 0 amide bonds. The second-order valence-corrected chi connectivity index (χ2v) is 14.5. The maximum Gasteiger partial charge on any atom is 0.309 e. The predicted molar refractivity (Wildman–Crippen MR) is 141 cm³/mol. The molecule has 0 aromatic carbocycles. The fourth-order valence-corrected chi connectivity index (χ4v) is 10.5. The molecule has 13 atom stereocenters. The molecular weight excluding hydrogens is 468 g/mol. The molecule has 212 valence electrons. The lowest BCUT2D eigenvalue weighted by Crippen LogP contribution is -2.55. The van der Waals surface area contributed by atoms with Gasteiger partial charge in [0.2, 0.25) is 0 Å². The van der Waals surface area contributed by atoms with Crippen molar-refractivity contribution in [2.75, 3.05) is 6.61 Å². The summed E-state index contributed by atoms with van der Waals surface area (Å²) >= 11 is 0. The summed E-state index contributed by atoms with van der Waals surface area (Å²) in [5, 5.41) is 43.6. The molecule has 0 aromatic rings. The fourth-order valence-electron chi connectivity index (χ4n) is 10.5. The first-order valence-corrected chi connectivity index (χ1v) is 15.4. The number of cyclic esters (lactones) is 1. The normalized spacial score (nSPS) is 48.0. The van der Waals surface area contributed by atoms with E-state index in [4.69, 9.17) is 4.74 Å². The van der Waals surface area contributed by atoms with Crippen molar-refractivity contribution in [1.82, 2.24) is 0 Å². The summed E-state index contributed by atoms with van der Waals surface area (Å²) in [6.07, 6.45) is 7.84. The van der Waals surface area contributed by atoms with Gasteiger partial charge in [0.05, 0.1) is 36.9 Å². The van der Waals surface area contributed by atoms with Crippen molar-refractivity contribution < 1.29 is 30.0 Å². The number of aliphatic hydroxyl groups is 4. The number of rotatable bonds is 5. The van der Waals surface area contributed by atoms with Gasteiger partial charge in [-0.1, -0.05) is 59.8 Å². The Labute approximate surface area is 223 Å². The molecule has 5 fully saturated rings. The van der Waals surface area contributed by atoms with Crippen LogP contribution in [0.15, 0.2) is 0 Å². The second-order valence-electron chi connectivity index (χ2n) is 14.5. The maximum absolute atomic E-state index is 13.1. The molecule has 0 spiro atoms. The molecule has 0 bridgehead atoms. The quantitative estimate of drug-likeness (QED) is 0.403. The van der Waals surface area contributed by atoms with E-state index in [0.29, 0.717) is 30.8 Å². The molecule has 6 heteroatoms. The van der Waals surface area contributed by atoms with E-state index in [1.54, 1.807) is 0 Å². The van der Waals surface area contributed by atoms with Crippen LogP contribution in [0.25, 0.3) is 0 Å². The van der Waals surface area contributed by atoms with Crippen LogP contribution in [0.5, 0.6) is 0 Å². The summed E-state index contributed by atoms with van der Waals surface area (Å²) in [6, 6.07) is 0. The van der Waals surface area contributed by atoms with Gasteiger partial charge in [0.15, 0.2) is 0 Å². The highest BCUT2D eigenvalue weighted by atomic mass is 16.5. The molecule has 1 saturated heterocycles. The SMILES string of the molecule is C[C@H]([C@@H](O)[C@H](O)[C@@H](C)C1CCCCC1)[C@H]1CC[C@H]2[C@@H]3COC(=O)[C@H]4C[C@H](O)[C@H](O)C[C@]4(C)[C@H]3CC[C@]12C. The van der Waals surface area contributed by atoms with Gasteiger partial charge in [0, 0.05) is 0 Å². The first-order chi connectivity index (χ1) is 17.5. The minimum atomic E-state index is -0.864. The number of fused-ring (bicyclic) bond motifs is 5. The third kappa shape index (κ3) is 4.60. The lowest BCUT2D eigenvalue weighted by Gasteiger charge is -2.56. The van der Waals surface area contributed by atoms with Crippen molar-refractivity contribution in [3.05, 3.63) is 0 Å². The molecule has 0 radical (unpaired) electrons. The highest BCUT2D eigenvalue weighted by molar-refractivity contribution is 5.74.